The van der Waals surface area contributed by atoms with E-state index in [0.717, 1.165) is 12.1 Å². The van der Waals surface area contributed by atoms with Gasteiger partial charge in [0.25, 0.3) is 5.91 Å². The van der Waals surface area contributed by atoms with Crippen molar-refractivity contribution in [3.05, 3.63) is 59.7 Å². The molecule has 0 atom stereocenters. The Morgan fingerprint density at radius 2 is 1.79 bits per heavy atom. The molecule has 0 aliphatic heterocycles. The molecule has 6 nitrogen and oxygen atoms in total. The highest BCUT2D eigenvalue weighted by Gasteiger charge is 2.17. The highest BCUT2D eigenvalue weighted by molar-refractivity contribution is 7.91. The highest BCUT2D eigenvalue weighted by Crippen LogP contribution is 2.22. The molecular weight excluding hydrogens is 390 g/mol. The molecule has 9 heteroatoms. The molecule has 150 valence electrons. The van der Waals surface area contributed by atoms with E-state index in [2.05, 4.69) is 10.6 Å². The molecule has 2 aromatic rings. The zero-order valence-electron chi connectivity index (χ0n) is 15.2. The number of carbonyl (C=O) groups is 2. The average molecular weight is 410 g/mol. The van der Waals surface area contributed by atoms with Gasteiger partial charge in [-0.2, -0.15) is 0 Å². The second kappa shape index (κ2) is 9.41. The van der Waals surface area contributed by atoms with Gasteiger partial charge in [0.2, 0.25) is 5.91 Å². The SMILES string of the molecule is CCS(=O)(=O)c1ccccc1NC(=O)CCCNC(=O)c1ccc(F)cc1F. The van der Waals surface area contributed by atoms with E-state index in [1.807, 2.05) is 0 Å². The first-order valence-corrected chi connectivity index (χ1v) is 10.2. The van der Waals surface area contributed by atoms with Crippen molar-refractivity contribution >= 4 is 27.3 Å². The Balaban J connectivity index is 1.86. The molecule has 2 rings (SSSR count). The number of halogens is 2. The zero-order chi connectivity index (χ0) is 20.7. The van der Waals surface area contributed by atoms with Gasteiger partial charge in [-0.1, -0.05) is 19.1 Å². The van der Waals surface area contributed by atoms with Crippen molar-refractivity contribution < 1.29 is 26.8 Å². The van der Waals surface area contributed by atoms with Crippen LogP contribution in [0.15, 0.2) is 47.4 Å². The van der Waals surface area contributed by atoms with Gasteiger partial charge in [-0.05, 0) is 30.7 Å². The summed E-state index contributed by atoms with van der Waals surface area (Å²) in [7, 11) is -3.48. The number of benzene rings is 2. The molecule has 0 aromatic heterocycles. The summed E-state index contributed by atoms with van der Waals surface area (Å²) in [6.07, 6.45) is 0.274. The zero-order valence-corrected chi connectivity index (χ0v) is 16.0. The van der Waals surface area contributed by atoms with E-state index in [1.165, 1.54) is 19.1 Å². The molecule has 0 saturated carbocycles. The van der Waals surface area contributed by atoms with E-state index in [1.54, 1.807) is 12.1 Å². The Bertz CT molecular complexity index is 978. The van der Waals surface area contributed by atoms with Gasteiger partial charge in [-0.25, -0.2) is 17.2 Å². The minimum atomic E-state index is -3.48. The number of para-hydroxylation sites is 1. The van der Waals surface area contributed by atoms with Gasteiger partial charge in [-0.3, -0.25) is 9.59 Å². The lowest BCUT2D eigenvalue weighted by molar-refractivity contribution is -0.116. The van der Waals surface area contributed by atoms with Crippen LogP contribution in [0.5, 0.6) is 0 Å². The van der Waals surface area contributed by atoms with Gasteiger partial charge in [0, 0.05) is 19.0 Å². The number of anilines is 1. The summed E-state index contributed by atoms with van der Waals surface area (Å²) >= 11 is 0. The van der Waals surface area contributed by atoms with E-state index >= 15 is 0 Å². The maximum absolute atomic E-state index is 13.5. The van der Waals surface area contributed by atoms with Crippen molar-refractivity contribution in [3.8, 4) is 0 Å². The van der Waals surface area contributed by atoms with Gasteiger partial charge < -0.3 is 10.6 Å². The minimum Gasteiger partial charge on any atom is -0.352 e. The van der Waals surface area contributed by atoms with E-state index in [9.17, 15) is 26.8 Å². The van der Waals surface area contributed by atoms with Crippen LogP contribution in [0.3, 0.4) is 0 Å². The predicted molar refractivity (Wildman–Crippen MR) is 101 cm³/mol. The van der Waals surface area contributed by atoms with Crippen LogP contribution in [0.25, 0.3) is 0 Å². The molecule has 0 unspecified atom stereocenters. The first-order chi connectivity index (χ1) is 13.2. The number of carbonyl (C=O) groups excluding carboxylic acids is 2. The fourth-order valence-electron chi connectivity index (χ4n) is 2.43. The number of hydrogen-bond donors (Lipinski definition) is 2. The third-order valence-electron chi connectivity index (χ3n) is 3.92. The van der Waals surface area contributed by atoms with Crippen LogP contribution in [0, 0.1) is 11.6 Å². The maximum Gasteiger partial charge on any atom is 0.254 e. The molecule has 2 N–H and O–H groups in total. The van der Waals surface area contributed by atoms with Crippen molar-refractivity contribution in [2.24, 2.45) is 0 Å². The summed E-state index contributed by atoms with van der Waals surface area (Å²) in [4.78, 5) is 24.0. The lowest BCUT2D eigenvalue weighted by Gasteiger charge is -2.11. The lowest BCUT2D eigenvalue weighted by Crippen LogP contribution is -2.26. The fraction of sp³-hybridized carbons (Fsp3) is 0.263. The molecule has 0 saturated heterocycles. The van der Waals surface area contributed by atoms with Crippen molar-refractivity contribution in [1.29, 1.82) is 0 Å². The van der Waals surface area contributed by atoms with Crippen LogP contribution in [0.1, 0.15) is 30.1 Å². The molecular formula is C19H20F2N2O4S. The second-order valence-electron chi connectivity index (χ2n) is 5.93. The quantitative estimate of drug-likeness (QED) is 0.655. The van der Waals surface area contributed by atoms with Crippen molar-refractivity contribution in [2.45, 2.75) is 24.7 Å². The Kier molecular flexibility index (Phi) is 7.22. The lowest BCUT2D eigenvalue weighted by atomic mass is 10.2. The number of amides is 2. The largest absolute Gasteiger partial charge is 0.352 e. The molecule has 2 aromatic carbocycles. The normalized spacial score (nSPS) is 11.1. The number of nitrogens with one attached hydrogen (secondary N) is 2. The van der Waals surface area contributed by atoms with Crippen molar-refractivity contribution in [1.82, 2.24) is 5.32 Å². The molecule has 0 aliphatic carbocycles. The fourth-order valence-corrected chi connectivity index (χ4v) is 3.48. The Hall–Kier alpha value is -2.81. The molecule has 0 heterocycles. The second-order valence-corrected chi connectivity index (χ2v) is 8.18. The predicted octanol–water partition coefficient (Wildman–Crippen LogP) is 2.91. The van der Waals surface area contributed by atoms with Crippen LogP contribution < -0.4 is 10.6 Å². The van der Waals surface area contributed by atoms with Crippen LogP contribution in [-0.4, -0.2) is 32.5 Å². The van der Waals surface area contributed by atoms with Crippen LogP contribution >= 0.6 is 0 Å². The van der Waals surface area contributed by atoms with E-state index < -0.39 is 33.3 Å². The topological polar surface area (TPSA) is 92.3 Å². The Labute approximate surface area is 161 Å². The number of rotatable bonds is 8. The molecule has 0 bridgehead atoms. The summed E-state index contributed by atoms with van der Waals surface area (Å²) in [6.45, 7) is 1.61. The number of sulfone groups is 1. The molecule has 2 amide bonds. The standard InChI is InChI=1S/C19H20F2N2O4S/c1-2-28(26,27)17-7-4-3-6-16(17)23-18(24)8-5-11-22-19(25)14-10-9-13(20)12-15(14)21/h3-4,6-7,9-10,12H,2,5,8,11H2,1H3,(H,22,25)(H,23,24). The summed E-state index contributed by atoms with van der Waals surface area (Å²) in [6, 6.07) is 8.74. The first-order valence-electron chi connectivity index (χ1n) is 8.59. The summed E-state index contributed by atoms with van der Waals surface area (Å²) in [5.41, 5.74) is -0.0867. The van der Waals surface area contributed by atoms with Crippen LogP contribution in [-0.2, 0) is 14.6 Å². The van der Waals surface area contributed by atoms with E-state index in [0.29, 0.717) is 6.07 Å². The minimum absolute atomic E-state index is 0.0205. The van der Waals surface area contributed by atoms with Gasteiger partial charge in [-0.15, -0.1) is 0 Å². The van der Waals surface area contributed by atoms with Crippen LogP contribution in [0.4, 0.5) is 14.5 Å². The molecule has 0 radical (unpaired) electrons. The molecule has 0 aliphatic rings. The van der Waals surface area contributed by atoms with Crippen molar-refractivity contribution in [2.75, 3.05) is 17.6 Å². The molecule has 0 spiro atoms. The molecule has 0 fully saturated rings. The van der Waals surface area contributed by atoms with Gasteiger partial charge in [0.15, 0.2) is 9.84 Å². The first kappa shape index (κ1) is 21.5. The van der Waals surface area contributed by atoms with Gasteiger partial charge >= 0.3 is 0 Å². The van der Waals surface area contributed by atoms with E-state index in [4.69, 9.17) is 0 Å². The summed E-state index contributed by atoms with van der Waals surface area (Å²) < 4.78 is 50.5. The maximum atomic E-state index is 13.5. The highest BCUT2D eigenvalue weighted by atomic mass is 32.2. The third-order valence-corrected chi connectivity index (χ3v) is 5.70. The molecule has 28 heavy (non-hydrogen) atoms. The van der Waals surface area contributed by atoms with Gasteiger partial charge in [0.05, 0.1) is 21.9 Å². The smallest absolute Gasteiger partial charge is 0.254 e. The summed E-state index contributed by atoms with van der Waals surface area (Å²) in [5.74, 6) is -2.97. The Morgan fingerprint density at radius 1 is 1.07 bits per heavy atom. The van der Waals surface area contributed by atoms with Crippen molar-refractivity contribution in [3.63, 3.8) is 0 Å². The van der Waals surface area contributed by atoms with Crippen LogP contribution in [0.2, 0.25) is 0 Å². The van der Waals surface area contributed by atoms with E-state index in [-0.39, 0.29) is 41.3 Å². The Morgan fingerprint density at radius 3 is 2.46 bits per heavy atom. The summed E-state index contributed by atoms with van der Waals surface area (Å²) in [5, 5.41) is 5.00. The third kappa shape index (κ3) is 5.59. The van der Waals surface area contributed by atoms with Gasteiger partial charge in [0.1, 0.15) is 11.6 Å². The number of hydrogen-bond acceptors (Lipinski definition) is 4. The average Bonchev–Trinajstić information content (AvgIpc) is 2.65. The monoisotopic (exact) mass is 410 g/mol.